The van der Waals surface area contributed by atoms with Crippen molar-refractivity contribution in [2.45, 2.75) is 148 Å². The third-order valence-electron chi connectivity index (χ3n) is 12.1. The largest absolute Gasteiger partial charge is 0.417 e. The van der Waals surface area contributed by atoms with Crippen LogP contribution in [0.5, 0.6) is 0 Å². The number of allylic oxidation sites excluding steroid dienone is 1. The van der Waals surface area contributed by atoms with Crippen LogP contribution in [0.1, 0.15) is 75.2 Å². The van der Waals surface area contributed by atoms with Crippen LogP contribution in [0.3, 0.4) is 0 Å². The molecule has 51 heavy (non-hydrogen) atoms. The molecule has 0 radical (unpaired) electrons. The van der Waals surface area contributed by atoms with E-state index in [2.05, 4.69) is 108 Å². The van der Waals surface area contributed by atoms with Crippen molar-refractivity contribution in [1.29, 1.82) is 0 Å². The second kappa shape index (κ2) is 16.6. The van der Waals surface area contributed by atoms with Crippen molar-refractivity contribution in [2.24, 2.45) is 0 Å². The fourth-order valence-electron chi connectivity index (χ4n) is 5.50. The van der Waals surface area contributed by atoms with Crippen LogP contribution in [-0.2, 0) is 22.6 Å². The van der Waals surface area contributed by atoms with E-state index in [1.807, 2.05) is 60.7 Å². The second-order valence-corrected chi connectivity index (χ2v) is 36.3. The summed E-state index contributed by atoms with van der Waals surface area (Å²) in [4.78, 5) is 0. The topological polar surface area (TPSA) is 54.0 Å². The van der Waals surface area contributed by atoms with Crippen LogP contribution in [0.2, 0.25) is 54.4 Å². The van der Waals surface area contributed by atoms with Crippen molar-refractivity contribution < 1.29 is 22.6 Å². The molecule has 286 valence electrons. The van der Waals surface area contributed by atoms with Gasteiger partial charge in [-0.05, 0) is 72.0 Å². The highest BCUT2D eigenvalue weighted by Gasteiger charge is 2.49. The van der Waals surface area contributed by atoms with Crippen LogP contribution < -0.4 is 10.6 Å². The van der Waals surface area contributed by atoms with Gasteiger partial charge in [0.25, 0.3) is 0 Å². The van der Waals surface area contributed by atoms with Crippen LogP contribution in [0.15, 0.2) is 84.5 Å². The fourth-order valence-corrected chi connectivity index (χ4v) is 11.7. The van der Waals surface area contributed by atoms with Gasteiger partial charge in [0.15, 0.2) is 25.0 Å². The zero-order valence-electron chi connectivity index (χ0n) is 34.8. The Kier molecular flexibility index (Phi) is 14.3. The summed E-state index contributed by atoms with van der Waals surface area (Å²) in [7, 11) is -9.35. The Bertz CT molecular complexity index is 1470. The van der Waals surface area contributed by atoms with Crippen LogP contribution in [0.4, 0.5) is 0 Å². The Morgan fingerprint density at radius 2 is 1.16 bits per heavy atom. The minimum absolute atomic E-state index is 0.0116. The van der Waals surface area contributed by atoms with Crippen molar-refractivity contribution in [2.75, 3.05) is 19.4 Å². The first kappa shape index (κ1) is 44.0. The molecule has 3 atom stereocenters. The monoisotopic (exact) mass is 770 g/mol. The van der Waals surface area contributed by atoms with E-state index in [-0.39, 0.29) is 33.4 Å². The maximum absolute atomic E-state index is 15.1. The number of ether oxygens (including phenoxy) is 1. The molecule has 0 amide bonds. The third-order valence-corrected chi connectivity index (χ3v) is 28.6. The molecule has 0 heterocycles. The molecule has 0 unspecified atom stereocenters. The van der Waals surface area contributed by atoms with E-state index >= 15 is 4.57 Å². The van der Waals surface area contributed by atoms with Crippen molar-refractivity contribution in [1.82, 2.24) is 0 Å². The molecule has 1 aliphatic carbocycles. The predicted molar refractivity (Wildman–Crippen MR) is 228 cm³/mol. The summed E-state index contributed by atoms with van der Waals surface area (Å²) >= 11 is 0. The van der Waals surface area contributed by atoms with E-state index in [9.17, 15) is 0 Å². The lowest BCUT2D eigenvalue weighted by Gasteiger charge is -2.49. The molecule has 1 fully saturated rings. The molecule has 0 aromatic heterocycles. The summed E-state index contributed by atoms with van der Waals surface area (Å²) in [5.74, 6) is 0. The van der Waals surface area contributed by atoms with Gasteiger partial charge in [-0.2, -0.15) is 0 Å². The lowest BCUT2D eigenvalue weighted by Crippen LogP contribution is -2.57. The van der Waals surface area contributed by atoms with E-state index in [0.717, 1.165) is 28.2 Å². The Morgan fingerprint density at radius 1 is 0.706 bits per heavy atom. The first-order valence-corrected chi connectivity index (χ1v) is 29.5. The average Bonchev–Trinajstić information content (AvgIpc) is 3.01. The van der Waals surface area contributed by atoms with Gasteiger partial charge in [-0.15, -0.1) is 0 Å². The second-order valence-electron chi connectivity index (χ2n) is 19.1. The average molecular weight is 771 g/mol. The van der Waals surface area contributed by atoms with Gasteiger partial charge in [-0.1, -0.05) is 136 Å². The summed E-state index contributed by atoms with van der Waals surface area (Å²) in [6, 6.07) is 19.8. The van der Waals surface area contributed by atoms with Crippen molar-refractivity contribution in [3.63, 3.8) is 0 Å². The zero-order valence-corrected chi connectivity index (χ0v) is 38.7. The summed E-state index contributed by atoms with van der Waals surface area (Å²) in [6.07, 6.45) is 3.08. The maximum Gasteiger partial charge on any atom is 0.193 e. The quantitative estimate of drug-likeness (QED) is 0.109. The normalized spacial score (nSPS) is 21.0. The van der Waals surface area contributed by atoms with Gasteiger partial charge in [0.05, 0.1) is 12.2 Å². The smallest absolute Gasteiger partial charge is 0.193 e. The Hall–Kier alpha value is -1.36. The van der Waals surface area contributed by atoms with Crippen molar-refractivity contribution in [3.05, 3.63) is 84.5 Å². The minimum Gasteiger partial charge on any atom is -0.417 e. The van der Waals surface area contributed by atoms with Crippen LogP contribution in [0.25, 0.3) is 0 Å². The molecule has 1 aliphatic rings. The summed E-state index contributed by atoms with van der Waals surface area (Å²) in [5, 5.41) is 1.88. The first-order valence-electron chi connectivity index (χ1n) is 18.9. The summed E-state index contributed by atoms with van der Waals surface area (Å²) in [5.41, 5.74) is 1.99. The summed E-state index contributed by atoms with van der Waals surface area (Å²) < 4.78 is 43.1. The van der Waals surface area contributed by atoms with Crippen LogP contribution in [0, 0.1) is 0 Å². The predicted octanol–water partition coefficient (Wildman–Crippen LogP) is 11.5. The molecular weight excluding hydrogens is 700 g/mol. The van der Waals surface area contributed by atoms with E-state index in [0.29, 0.717) is 25.8 Å². The molecule has 0 N–H and O–H groups in total. The molecule has 0 saturated heterocycles. The van der Waals surface area contributed by atoms with Gasteiger partial charge < -0.3 is 22.6 Å². The molecule has 0 spiro atoms. The third kappa shape index (κ3) is 10.9. The zero-order chi connectivity index (χ0) is 38.7. The Labute approximate surface area is 315 Å². The Balaban J connectivity index is 2.07. The van der Waals surface area contributed by atoms with Gasteiger partial charge in [-0.3, -0.25) is 0 Å². The molecule has 2 aromatic rings. The van der Waals surface area contributed by atoms with Gasteiger partial charge >= 0.3 is 0 Å². The molecule has 0 aliphatic heterocycles. The number of rotatable bonds is 14. The van der Waals surface area contributed by atoms with Gasteiger partial charge in [-0.25, -0.2) is 0 Å². The van der Waals surface area contributed by atoms with Gasteiger partial charge in [0.1, 0.15) is 13.2 Å². The maximum atomic E-state index is 15.1. The highest BCUT2D eigenvalue weighted by molar-refractivity contribution is 7.78. The minimum atomic E-state index is -2.98. The lowest BCUT2D eigenvalue weighted by molar-refractivity contribution is -0.0879. The van der Waals surface area contributed by atoms with E-state index < -0.39 is 32.1 Å². The molecule has 2 aromatic carbocycles. The SMILES string of the molecule is C=C1/C(=C\CP(=O)(c2ccccc2)c2ccccc2)C[C@H](O[Si](C)(C)C(C)(C)C)[C@H](OCCCO[Si](C)(C)C(C)(C)C)[C@@H]1O[Si](C)(C)C(C)(C)C. The molecular formula is C42H71O5PSi3. The first-order chi connectivity index (χ1) is 23.2. The van der Waals surface area contributed by atoms with E-state index in [1.165, 1.54) is 0 Å². The van der Waals surface area contributed by atoms with E-state index in [4.69, 9.17) is 24.6 Å². The van der Waals surface area contributed by atoms with Crippen molar-refractivity contribution in [3.8, 4) is 0 Å². The highest BCUT2D eigenvalue weighted by Crippen LogP contribution is 2.48. The van der Waals surface area contributed by atoms with Crippen LogP contribution >= 0.6 is 7.14 Å². The number of hydrogen-bond donors (Lipinski definition) is 0. The van der Waals surface area contributed by atoms with Gasteiger partial charge in [0, 0.05) is 36.4 Å². The number of hydrogen-bond acceptors (Lipinski definition) is 5. The lowest BCUT2D eigenvalue weighted by atomic mass is 9.84. The molecule has 3 rings (SSSR count). The van der Waals surface area contributed by atoms with Crippen molar-refractivity contribution >= 4 is 42.7 Å². The fraction of sp³-hybridized carbons (Fsp3) is 0.619. The Morgan fingerprint density at radius 3 is 1.61 bits per heavy atom. The summed E-state index contributed by atoms with van der Waals surface area (Å²) in [6.45, 7) is 40.3. The van der Waals surface area contributed by atoms with Crippen LogP contribution in [-0.4, -0.2) is 62.6 Å². The molecule has 5 nitrogen and oxygen atoms in total. The molecule has 0 bridgehead atoms. The number of benzene rings is 2. The molecule has 9 heteroatoms. The highest BCUT2D eigenvalue weighted by atomic mass is 31.2. The molecule has 1 saturated carbocycles. The van der Waals surface area contributed by atoms with Gasteiger partial charge in [0.2, 0.25) is 0 Å². The standard InChI is InChI=1S/C42H71O5PSi3/c1-33-34(28-31-48(43,35-24-19-17-20-25-35)36-26-21-18-22-27-36)32-37(46-50(13,14)41(5,6)7)39(38(33)47-51(15,16)42(8,9)10)44-29-23-30-45-49(11,12)40(2,3)4/h17-22,24-28,37-39H,1,23,29-32H2,2-16H3/b34-28-/t37-,38+,39-/m0/s1. The van der Waals surface area contributed by atoms with E-state index in [1.54, 1.807) is 0 Å².